The summed E-state index contributed by atoms with van der Waals surface area (Å²) >= 11 is 0. The van der Waals surface area contributed by atoms with E-state index in [1.807, 2.05) is 30.3 Å². The van der Waals surface area contributed by atoms with Crippen LogP contribution < -0.4 is 5.73 Å². The van der Waals surface area contributed by atoms with Crippen LogP contribution in [0.2, 0.25) is 0 Å². The highest BCUT2D eigenvalue weighted by molar-refractivity contribution is 5.92. The Morgan fingerprint density at radius 3 is 2.89 bits per heavy atom. The van der Waals surface area contributed by atoms with Crippen molar-refractivity contribution >= 4 is 16.6 Å². The minimum Gasteiger partial charge on any atom is -0.396 e. The summed E-state index contributed by atoms with van der Waals surface area (Å²) in [6.07, 6.45) is 4.89. The van der Waals surface area contributed by atoms with Gasteiger partial charge in [0.2, 0.25) is 5.82 Å². The Kier molecular flexibility index (Phi) is 2.21. The Bertz CT molecular complexity index is 766. The fourth-order valence-electron chi connectivity index (χ4n) is 1.98. The Hall–Kier alpha value is -2.87. The third-order valence-corrected chi connectivity index (χ3v) is 2.76. The van der Waals surface area contributed by atoms with Crippen LogP contribution in [0.25, 0.3) is 16.6 Å². The van der Waals surface area contributed by atoms with Crippen LogP contribution in [0.15, 0.2) is 42.9 Å². The number of imidazole rings is 1. The summed E-state index contributed by atoms with van der Waals surface area (Å²) in [7, 11) is 0. The molecule has 0 aliphatic rings. The maximum atomic E-state index is 9.04. The number of aromatic nitrogens is 3. The number of nitrogen functional groups attached to an aromatic ring is 1. The van der Waals surface area contributed by atoms with Gasteiger partial charge in [-0.15, -0.1) is 0 Å². The molecule has 0 unspecified atom stereocenters. The minimum atomic E-state index is 0.304. The van der Waals surface area contributed by atoms with E-state index in [2.05, 4.69) is 9.97 Å². The van der Waals surface area contributed by atoms with E-state index in [9.17, 15) is 0 Å². The minimum absolute atomic E-state index is 0.304. The highest BCUT2D eigenvalue weighted by Crippen LogP contribution is 2.26. The van der Waals surface area contributed by atoms with Crippen molar-refractivity contribution in [1.82, 2.24) is 14.5 Å². The fourth-order valence-corrected chi connectivity index (χ4v) is 1.98. The first-order valence-corrected chi connectivity index (χ1v) is 5.38. The number of anilines is 1. The zero-order valence-electron chi connectivity index (χ0n) is 9.41. The summed E-state index contributed by atoms with van der Waals surface area (Å²) < 4.78 is 1.68. The number of fused-ring (bicyclic) bond motifs is 1. The van der Waals surface area contributed by atoms with Crippen molar-refractivity contribution in [1.29, 1.82) is 5.26 Å². The van der Waals surface area contributed by atoms with Crippen LogP contribution in [0.1, 0.15) is 5.82 Å². The molecule has 18 heavy (non-hydrogen) atoms. The maximum absolute atomic E-state index is 9.04. The van der Waals surface area contributed by atoms with Gasteiger partial charge in [-0.3, -0.25) is 9.55 Å². The first-order valence-electron chi connectivity index (χ1n) is 5.38. The summed E-state index contributed by atoms with van der Waals surface area (Å²) in [4.78, 5) is 8.25. The molecule has 86 valence electrons. The average molecular weight is 235 g/mol. The number of hydrogen-bond acceptors (Lipinski definition) is 4. The first-order chi connectivity index (χ1) is 8.81. The van der Waals surface area contributed by atoms with Crippen molar-refractivity contribution in [2.24, 2.45) is 0 Å². The Labute approximate surface area is 103 Å². The van der Waals surface area contributed by atoms with Gasteiger partial charge in [0.05, 0.1) is 23.1 Å². The second kappa shape index (κ2) is 3.86. The third-order valence-electron chi connectivity index (χ3n) is 2.76. The topological polar surface area (TPSA) is 80.5 Å². The number of benzene rings is 1. The summed E-state index contributed by atoms with van der Waals surface area (Å²) in [5.74, 6) is 0.304. The highest BCUT2D eigenvalue weighted by Gasteiger charge is 2.11. The van der Waals surface area contributed by atoms with Gasteiger partial charge in [-0.25, -0.2) is 4.98 Å². The zero-order valence-corrected chi connectivity index (χ0v) is 9.41. The van der Waals surface area contributed by atoms with Crippen LogP contribution in [-0.4, -0.2) is 14.5 Å². The van der Waals surface area contributed by atoms with E-state index in [-0.39, 0.29) is 0 Å². The normalized spacial score (nSPS) is 10.4. The Morgan fingerprint density at radius 1 is 1.22 bits per heavy atom. The quantitative estimate of drug-likeness (QED) is 0.698. The average Bonchev–Trinajstić information content (AvgIpc) is 2.86. The van der Waals surface area contributed by atoms with Crippen molar-refractivity contribution in [2.75, 3.05) is 5.73 Å². The second-order valence-electron chi connectivity index (χ2n) is 3.81. The molecule has 5 heteroatoms. The molecule has 2 heterocycles. The number of nitriles is 1. The number of nitrogens with zero attached hydrogens (tertiary/aromatic N) is 4. The van der Waals surface area contributed by atoms with Gasteiger partial charge >= 0.3 is 0 Å². The molecule has 0 bridgehead atoms. The molecule has 2 N–H and O–H groups in total. The molecule has 0 aliphatic carbocycles. The summed E-state index contributed by atoms with van der Waals surface area (Å²) in [5.41, 5.74) is 8.08. The summed E-state index contributed by atoms with van der Waals surface area (Å²) in [5, 5.41) is 9.94. The lowest BCUT2D eigenvalue weighted by Gasteiger charge is -2.10. The predicted octanol–water partition coefficient (Wildman–Crippen LogP) is 1.87. The van der Waals surface area contributed by atoms with E-state index in [1.54, 1.807) is 23.2 Å². The Balaban J connectivity index is 2.42. The van der Waals surface area contributed by atoms with Gasteiger partial charge in [0, 0.05) is 17.8 Å². The van der Waals surface area contributed by atoms with Crippen LogP contribution in [0.5, 0.6) is 0 Å². The Morgan fingerprint density at radius 2 is 2.06 bits per heavy atom. The number of rotatable bonds is 1. The van der Waals surface area contributed by atoms with E-state index < -0.39 is 0 Å². The molecule has 5 nitrogen and oxygen atoms in total. The number of hydrogen-bond donors (Lipinski definition) is 1. The van der Waals surface area contributed by atoms with Gasteiger partial charge in [-0.05, 0) is 6.07 Å². The van der Waals surface area contributed by atoms with Crippen molar-refractivity contribution in [3.63, 3.8) is 0 Å². The smallest absolute Gasteiger partial charge is 0.217 e. The third kappa shape index (κ3) is 1.40. The van der Waals surface area contributed by atoms with E-state index in [1.165, 1.54) is 0 Å². The van der Waals surface area contributed by atoms with Gasteiger partial charge in [-0.2, -0.15) is 5.26 Å². The molecule has 3 aromatic rings. The summed E-state index contributed by atoms with van der Waals surface area (Å²) in [6, 6.07) is 9.70. The van der Waals surface area contributed by atoms with Crippen LogP contribution in [0.4, 0.5) is 5.69 Å². The van der Waals surface area contributed by atoms with Crippen LogP contribution in [-0.2, 0) is 0 Å². The molecule has 2 aromatic heterocycles. The van der Waals surface area contributed by atoms with Crippen LogP contribution >= 0.6 is 0 Å². The largest absolute Gasteiger partial charge is 0.396 e. The van der Waals surface area contributed by atoms with Gasteiger partial charge in [0.1, 0.15) is 6.07 Å². The molecule has 0 saturated carbocycles. The summed E-state index contributed by atoms with van der Waals surface area (Å²) in [6.45, 7) is 0. The second-order valence-corrected chi connectivity index (χ2v) is 3.81. The van der Waals surface area contributed by atoms with E-state index in [0.717, 1.165) is 16.6 Å². The van der Waals surface area contributed by atoms with Crippen molar-refractivity contribution in [3.8, 4) is 11.8 Å². The molecule has 0 fully saturated rings. The fraction of sp³-hybridized carbons (Fsp3) is 0. The number of pyridine rings is 1. The molecular formula is C13H9N5. The number of para-hydroxylation sites is 1. The van der Waals surface area contributed by atoms with E-state index in [4.69, 9.17) is 11.0 Å². The molecule has 3 rings (SSSR count). The first kappa shape index (κ1) is 10.3. The van der Waals surface area contributed by atoms with E-state index in [0.29, 0.717) is 11.5 Å². The molecule has 0 aliphatic heterocycles. The highest BCUT2D eigenvalue weighted by atomic mass is 15.1. The van der Waals surface area contributed by atoms with Gasteiger partial charge in [-0.1, -0.05) is 18.2 Å². The van der Waals surface area contributed by atoms with Gasteiger partial charge in [0.25, 0.3) is 0 Å². The van der Waals surface area contributed by atoms with Gasteiger partial charge < -0.3 is 5.73 Å². The number of nitrogens with two attached hydrogens (primary N) is 1. The lowest BCUT2D eigenvalue weighted by Crippen LogP contribution is -2.03. The molecule has 0 atom stereocenters. The van der Waals surface area contributed by atoms with Gasteiger partial charge in [0.15, 0.2) is 0 Å². The van der Waals surface area contributed by atoms with Crippen LogP contribution in [0.3, 0.4) is 0 Å². The van der Waals surface area contributed by atoms with E-state index >= 15 is 0 Å². The molecule has 0 radical (unpaired) electrons. The molecule has 0 amide bonds. The standard InChI is InChI=1S/C13H9N5/c14-7-12-16-5-6-18(12)13-9-3-1-2-4-11(9)17-8-10(13)15/h1-6,8H,15H2. The SMILES string of the molecule is N#Cc1nccn1-c1c(N)cnc2ccccc12. The zero-order chi connectivity index (χ0) is 12.5. The van der Waals surface area contributed by atoms with Crippen LogP contribution in [0, 0.1) is 11.3 Å². The molecular weight excluding hydrogens is 226 g/mol. The van der Waals surface area contributed by atoms with Crippen molar-refractivity contribution in [2.45, 2.75) is 0 Å². The van der Waals surface area contributed by atoms with Crippen molar-refractivity contribution in [3.05, 3.63) is 48.7 Å². The predicted molar refractivity (Wildman–Crippen MR) is 68.0 cm³/mol. The lowest BCUT2D eigenvalue weighted by molar-refractivity contribution is 1.03. The molecule has 1 aromatic carbocycles. The molecule has 0 spiro atoms. The molecule has 0 saturated heterocycles. The van der Waals surface area contributed by atoms with Crippen molar-refractivity contribution < 1.29 is 0 Å². The lowest BCUT2D eigenvalue weighted by atomic mass is 10.1. The maximum Gasteiger partial charge on any atom is 0.217 e. The monoisotopic (exact) mass is 235 g/mol.